The second kappa shape index (κ2) is 7.27. The quantitative estimate of drug-likeness (QED) is 0.913. The van der Waals surface area contributed by atoms with Gasteiger partial charge < -0.3 is 10.2 Å². The van der Waals surface area contributed by atoms with Gasteiger partial charge >= 0.3 is 0 Å². The molecule has 1 unspecified atom stereocenters. The molecule has 1 saturated heterocycles. The summed E-state index contributed by atoms with van der Waals surface area (Å²) < 4.78 is 5.62. The molecule has 0 bridgehead atoms. The Labute approximate surface area is 136 Å². The number of hydrogen-bond donors (Lipinski definition) is 1. The first-order valence-electron chi connectivity index (χ1n) is 7.91. The van der Waals surface area contributed by atoms with E-state index in [2.05, 4.69) is 9.88 Å². The molecule has 1 atom stereocenters. The Kier molecular flexibility index (Phi) is 5.13. The van der Waals surface area contributed by atoms with E-state index in [4.69, 9.17) is 21.8 Å². The van der Waals surface area contributed by atoms with Crippen molar-refractivity contribution in [2.75, 3.05) is 13.1 Å². The van der Waals surface area contributed by atoms with Gasteiger partial charge in [-0.05, 0) is 50.6 Å². The first-order valence-corrected chi connectivity index (χ1v) is 8.28. The zero-order valence-corrected chi connectivity index (χ0v) is 13.4. The van der Waals surface area contributed by atoms with Crippen molar-refractivity contribution in [3.05, 3.63) is 41.2 Å². The standard InChI is InChI=1S/C17H22ClN3O/c18-14-5-3-4-13(10-14)17-20-15(12-22-17)11-21-9-2-1-6-16(21)7-8-19/h3-5,10,12,16H,1-2,6-9,11,19H2. The summed E-state index contributed by atoms with van der Waals surface area (Å²) in [5.41, 5.74) is 7.62. The van der Waals surface area contributed by atoms with E-state index in [1.54, 1.807) is 6.26 Å². The zero-order valence-electron chi connectivity index (χ0n) is 12.7. The van der Waals surface area contributed by atoms with Crippen LogP contribution in [0.3, 0.4) is 0 Å². The average molecular weight is 320 g/mol. The monoisotopic (exact) mass is 319 g/mol. The molecule has 0 amide bonds. The summed E-state index contributed by atoms with van der Waals surface area (Å²) in [7, 11) is 0. The van der Waals surface area contributed by atoms with Crippen LogP contribution in [0.4, 0.5) is 0 Å². The van der Waals surface area contributed by atoms with Crippen molar-refractivity contribution < 1.29 is 4.42 Å². The molecule has 1 aliphatic heterocycles. The number of hydrogen-bond acceptors (Lipinski definition) is 4. The number of aromatic nitrogens is 1. The van der Waals surface area contributed by atoms with E-state index in [1.165, 1.54) is 19.3 Å². The summed E-state index contributed by atoms with van der Waals surface area (Å²) in [4.78, 5) is 7.09. The molecule has 2 N–H and O–H groups in total. The van der Waals surface area contributed by atoms with Crippen molar-refractivity contribution in [3.63, 3.8) is 0 Å². The fraction of sp³-hybridized carbons (Fsp3) is 0.471. The van der Waals surface area contributed by atoms with Crippen molar-refractivity contribution in [3.8, 4) is 11.5 Å². The Morgan fingerprint density at radius 1 is 1.36 bits per heavy atom. The number of oxazole rings is 1. The third-order valence-corrected chi connectivity index (χ3v) is 4.47. The first kappa shape index (κ1) is 15.5. The van der Waals surface area contributed by atoms with Crippen molar-refractivity contribution in [2.45, 2.75) is 38.3 Å². The lowest BCUT2D eigenvalue weighted by atomic mass is 9.99. The molecule has 1 aromatic heterocycles. The highest BCUT2D eigenvalue weighted by Crippen LogP contribution is 2.25. The minimum atomic E-state index is 0.574. The smallest absolute Gasteiger partial charge is 0.226 e. The molecule has 5 heteroatoms. The van der Waals surface area contributed by atoms with Crippen LogP contribution in [0.1, 0.15) is 31.4 Å². The van der Waals surface area contributed by atoms with E-state index in [1.807, 2.05) is 24.3 Å². The molecule has 2 aromatic rings. The van der Waals surface area contributed by atoms with Gasteiger partial charge in [-0.15, -0.1) is 0 Å². The maximum absolute atomic E-state index is 6.02. The Hall–Kier alpha value is -1.36. The van der Waals surface area contributed by atoms with Crippen LogP contribution >= 0.6 is 11.6 Å². The molecular weight excluding hydrogens is 298 g/mol. The van der Waals surface area contributed by atoms with Crippen LogP contribution in [-0.2, 0) is 6.54 Å². The van der Waals surface area contributed by atoms with Crippen LogP contribution < -0.4 is 5.73 Å². The number of halogens is 1. The molecular formula is C17H22ClN3O. The SMILES string of the molecule is NCCC1CCCCN1Cc1coc(-c2cccc(Cl)c2)n1. The van der Waals surface area contributed by atoms with Gasteiger partial charge in [0.15, 0.2) is 0 Å². The predicted octanol–water partition coefficient (Wildman–Crippen LogP) is 3.70. The molecule has 2 heterocycles. The van der Waals surface area contributed by atoms with Crippen molar-refractivity contribution >= 4 is 11.6 Å². The lowest BCUT2D eigenvalue weighted by Gasteiger charge is -2.35. The number of piperidine rings is 1. The van der Waals surface area contributed by atoms with Gasteiger partial charge in [0.2, 0.25) is 5.89 Å². The average Bonchev–Trinajstić information content (AvgIpc) is 2.98. The summed E-state index contributed by atoms with van der Waals surface area (Å²) in [6.45, 7) is 2.69. The van der Waals surface area contributed by atoms with Gasteiger partial charge in [0.25, 0.3) is 0 Å². The van der Waals surface area contributed by atoms with Crippen molar-refractivity contribution in [1.29, 1.82) is 0 Å². The highest BCUT2D eigenvalue weighted by atomic mass is 35.5. The summed E-state index contributed by atoms with van der Waals surface area (Å²) in [6, 6.07) is 8.16. The van der Waals surface area contributed by atoms with Gasteiger partial charge in [0.1, 0.15) is 6.26 Å². The minimum absolute atomic E-state index is 0.574. The normalized spacial score (nSPS) is 19.5. The van der Waals surface area contributed by atoms with Crippen LogP contribution in [0.5, 0.6) is 0 Å². The van der Waals surface area contributed by atoms with E-state index in [-0.39, 0.29) is 0 Å². The fourth-order valence-electron chi connectivity index (χ4n) is 3.13. The predicted molar refractivity (Wildman–Crippen MR) is 88.7 cm³/mol. The summed E-state index contributed by atoms with van der Waals surface area (Å²) in [5.74, 6) is 0.630. The van der Waals surface area contributed by atoms with E-state index >= 15 is 0 Å². The zero-order chi connectivity index (χ0) is 15.4. The van der Waals surface area contributed by atoms with E-state index < -0.39 is 0 Å². The molecule has 1 aromatic carbocycles. The maximum Gasteiger partial charge on any atom is 0.226 e. The Morgan fingerprint density at radius 3 is 3.09 bits per heavy atom. The lowest BCUT2D eigenvalue weighted by molar-refractivity contribution is 0.132. The minimum Gasteiger partial charge on any atom is -0.444 e. The van der Waals surface area contributed by atoms with Crippen LogP contribution in [0, 0.1) is 0 Å². The van der Waals surface area contributed by atoms with Crippen LogP contribution in [0.25, 0.3) is 11.5 Å². The Balaban J connectivity index is 1.71. The van der Waals surface area contributed by atoms with Crippen LogP contribution in [0.2, 0.25) is 5.02 Å². The molecule has 1 fully saturated rings. The van der Waals surface area contributed by atoms with Gasteiger partial charge in [-0.25, -0.2) is 4.98 Å². The third kappa shape index (κ3) is 3.69. The van der Waals surface area contributed by atoms with E-state index in [0.717, 1.165) is 37.3 Å². The summed E-state index contributed by atoms with van der Waals surface area (Å²) in [5, 5.41) is 0.691. The molecule has 0 radical (unpaired) electrons. The van der Waals surface area contributed by atoms with Gasteiger partial charge in [-0.3, -0.25) is 4.90 Å². The molecule has 0 saturated carbocycles. The molecule has 3 rings (SSSR count). The molecule has 0 spiro atoms. The Bertz CT molecular complexity index is 611. The lowest BCUT2D eigenvalue weighted by Crippen LogP contribution is -2.40. The van der Waals surface area contributed by atoms with Gasteiger partial charge in [-0.2, -0.15) is 0 Å². The number of nitrogens with zero attached hydrogens (tertiary/aromatic N) is 2. The largest absolute Gasteiger partial charge is 0.444 e. The summed E-state index contributed by atoms with van der Waals surface area (Å²) >= 11 is 6.02. The van der Waals surface area contributed by atoms with Crippen LogP contribution in [-0.4, -0.2) is 29.0 Å². The molecule has 4 nitrogen and oxygen atoms in total. The van der Waals surface area contributed by atoms with Crippen LogP contribution in [0.15, 0.2) is 34.9 Å². The number of benzene rings is 1. The highest BCUT2D eigenvalue weighted by Gasteiger charge is 2.22. The molecule has 1 aliphatic rings. The fourth-order valence-corrected chi connectivity index (χ4v) is 3.32. The number of rotatable bonds is 5. The first-order chi connectivity index (χ1) is 10.8. The third-order valence-electron chi connectivity index (χ3n) is 4.24. The number of likely N-dealkylation sites (tertiary alicyclic amines) is 1. The second-order valence-electron chi connectivity index (χ2n) is 5.85. The molecule has 0 aliphatic carbocycles. The van der Waals surface area contributed by atoms with Gasteiger partial charge in [0.05, 0.1) is 5.69 Å². The second-order valence-corrected chi connectivity index (χ2v) is 6.29. The topological polar surface area (TPSA) is 55.3 Å². The van der Waals surface area contributed by atoms with Crippen molar-refractivity contribution in [2.24, 2.45) is 5.73 Å². The molecule has 118 valence electrons. The summed E-state index contributed by atoms with van der Waals surface area (Å²) in [6.07, 6.45) is 6.59. The van der Waals surface area contributed by atoms with Gasteiger partial charge in [-0.1, -0.05) is 24.1 Å². The van der Waals surface area contributed by atoms with Gasteiger partial charge in [0, 0.05) is 23.2 Å². The Morgan fingerprint density at radius 2 is 2.27 bits per heavy atom. The van der Waals surface area contributed by atoms with E-state index in [9.17, 15) is 0 Å². The number of nitrogens with two attached hydrogens (primary N) is 1. The molecule has 22 heavy (non-hydrogen) atoms. The highest BCUT2D eigenvalue weighted by molar-refractivity contribution is 6.30. The van der Waals surface area contributed by atoms with E-state index in [0.29, 0.717) is 17.0 Å². The maximum atomic E-state index is 6.02. The van der Waals surface area contributed by atoms with Crippen molar-refractivity contribution in [1.82, 2.24) is 9.88 Å².